The fourth-order valence-corrected chi connectivity index (χ4v) is 1.59. The van der Waals surface area contributed by atoms with Gasteiger partial charge in [0.15, 0.2) is 0 Å². The predicted octanol–water partition coefficient (Wildman–Crippen LogP) is 1.06. The lowest BCUT2D eigenvalue weighted by Gasteiger charge is -2.05. The van der Waals surface area contributed by atoms with Crippen LogP contribution in [0.2, 0.25) is 0 Å². The number of carbonyl (C=O) groups is 2. The normalized spacial score (nSPS) is 9.95. The van der Waals surface area contributed by atoms with Gasteiger partial charge in [-0.25, -0.2) is 5.48 Å². The van der Waals surface area contributed by atoms with Crippen LogP contribution in [0.5, 0.6) is 0 Å². The third kappa shape index (κ3) is 3.20. The van der Waals surface area contributed by atoms with Gasteiger partial charge in [-0.15, -0.1) is 0 Å². The Balaban J connectivity index is 1.93. The number of aromatic amines is 1. The zero-order valence-electron chi connectivity index (χ0n) is 10.0. The average Bonchev–Trinajstić information content (AvgIpc) is 2.98. The van der Waals surface area contributed by atoms with Crippen molar-refractivity contribution in [3.63, 3.8) is 0 Å². The Hall–Kier alpha value is -2.60. The van der Waals surface area contributed by atoms with Crippen LogP contribution in [-0.4, -0.2) is 22.0 Å². The maximum atomic E-state index is 11.7. The molecule has 6 nitrogen and oxygen atoms in total. The monoisotopic (exact) mass is 259 g/mol. The van der Waals surface area contributed by atoms with Crippen molar-refractivity contribution >= 4 is 11.8 Å². The summed E-state index contributed by atoms with van der Waals surface area (Å²) in [5.74, 6) is -0.760. The Morgan fingerprint density at radius 1 is 1.11 bits per heavy atom. The van der Waals surface area contributed by atoms with Gasteiger partial charge in [0.25, 0.3) is 11.8 Å². The molecule has 1 aromatic carbocycles. The van der Waals surface area contributed by atoms with Gasteiger partial charge < -0.3 is 10.3 Å². The maximum absolute atomic E-state index is 11.7. The molecule has 0 unspecified atom stereocenters. The van der Waals surface area contributed by atoms with E-state index < -0.39 is 5.91 Å². The minimum atomic E-state index is -0.568. The summed E-state index contributed by atoms with van der Waals surface area (Å²) in [5.41, 5.74) is 3.26. The molecule has 0 aliphatic rings. The zero-order valence-corrected chi connectivity index (χ0v) is 10.0. The smallest absolute Gasteiger partial charge is 0.274 e. The molecule has 2 rings (SSSR count). The fourth-order valence-electron chi connectivity index (χ4n) is 1.59. The predicted molar refractivity (Wildman–Crippen MR) is 67.7 cm³/mol. The van der Waals surface area contributed by atoms with Gasteiger partial charge in [-0.1, -0.05) is 12.1 Å². The second-order valence-corrected chi connectivity index (χ2v) is 3.90. The van der Waals surface area contributed by atoms with E-state index in [-0.39, 0.29) is 5.91 Å². The van der Waals surface area contributed by atoms with Crippen LogP contribution < -0.4 is 10.8 Å². The van der Waals surface area contributed by atoms with Crippen molar-refractivity contribution in [3.8, 4) is 0 Å². The number of benzene rings is 1. The quantitative estimate of drug-likeness (QED) is 0.488. The maximum Gasteiger partial charge on any atom is 0.274 e. The summed E-state index contributed by atoms with van der Waals surface area (Å²) in [5, 5.41) is 11.2. The lowest BCUT2D eigenvalue weighted by atomic mass is 10.1. The van der Waals surface area contributed by atoms with Crippen molar-refractivity contribution in [2.24, 2.45) is 0 Å². The molecule has 1 aromatic heterocycles. The Bertz CT molecular complexity index is 561. The first-order chi connectivity index (χ1) is 9.20. The molecule has 0 aliphatic heterocycles. The van der Waals surface area contributed by atoms with Crippen molar-refractivity contribution in [1.29, 1.82) is 0 Å². The average molecular weight is 259 g/mol. The molecule has 6 heteroatoms. The first-order valence-electron chi connectivity index (χ1n) is 5.65. The second-order valence-electron chi connectivity index (χ2n) is 3.90. The molecule has 19 heavy (non-hydrogen) atoms. The van der Waals surface area contributed by atoms with Crippen molar-refractivity contribution in [2.75, 3.05) is 0 Å². The summed E-state index contributed by atoms with van der Waals surface area (Å²) in [6, 6.07) is 9.99. The van der Waals surface area contributed by atoms with Crippen molar-refractivity contribution < 1.29 is 14.8 Å². The number of carbonyl (C=O) groups excluding carboxylic acids is 2. The molecule has 0 aliphatic carbocycles. The van der Waals surface area contributed by atoms with E-state index in [1.54, 1.807) is 48.1 Å². The van der Waals surface area contributed by atoms with Crippen molar-refractivity contribution in [1.82, 2.24) is 15.8 Å². The largest absolute Gasteiger partial charge is 0.357 e. The van der Waals surface area contributed by atoms with Crippen LogP contribution in [0.4, 0.5) is 0 Å². The van der Waals surface area contributed by atoms with Crippen LogP contribution >= 0.6 is 0 Å². The summed E-state index contributed by atoms with van der Waals surface area (Å²) < 4.78 is 0. The summed E-state index contributed by atoms with van der Waals surface area (Å²) >= 11 is 0. The second kappa shape index (κ2) is 5.83. The van der Waals surface area contributed by atoms with Crippen LogP contribution in [0, 0.1) is 0 Å². The highest BCUT2D eigenvalue weighted by Gasteiger charge is 2.06. The molecule has 0 spiro atoms. The van der Waals surface area contributed by atoms with Gasteiger partial charge >= 0.3 is 0 Å². The Kier molecular flexibility index (Phi) is 3.94. The summed E-state index contributed by atoms with van der Waals surface area (Å²) in [6.45, 7) is 0.360. The highest BCUT2D eigenvalue weighted by molar-refractivity contribution is 5.93. The Morgan fingerprint density at radius 2 is 1.84 bits per heavy atom. The molecule has 2 aromatic rings. The molecule has 0 saturated heterocycles. The number of nitrogens with one attached hydrogen (secondary N) is 3. The third-order valence-corrected chi connectivity index (χ3v) is 2.61. The summed E-state index contributed by atoms with van der Waals surface area (Å²) in [4.78, 5) is 25.6. The standard InChI is InChI=1S/C13H13N3O3/c17-12(16-19)10-5-3-9(4-6-10)8-15-13(18)11-2-1-7-14-11/h1-7,14,19H,8H2,(H,15,18)(H,16,17). The minimum absolute atomic E-state index is 0.192. The highest BCUT2D eigenvalue weighted by atomic mass is 16.5. The number of H-pyrrole nitrogens is 1. The van der Waals surface area contributed by atoms with Crippen LogP contribution in [0.15, 0.2) is 42.6 Å². The fraction of sp³-hybridized carbons (Fsp3) is 0.0769. The molecule has 0 fully saturated rings. The van der Waals surface area contributed by atoms with Crippen LogP contribution in [0.25, 0.3) is 0 Å². The molecule has 0 atom stereocenters. The third-order valence-electron chi connectivity index (χ3n) is 2.61. The first-order valence-corrected chi connectivity index (χ1v) is 5.65. The minimum Gasteiger partial charge on any atom is -0.357 e. The summed E-state index contributed by atoms with van der Waals surface area (Å²) in [6.07, 6.45) is 1.68. The van der Waals surface area contributed by atoms with Gasteiger partial charge in [0.05, 0.1) is 0 Å². The van der Waals surface area contributed by atoms with E-state index in [9.17, 15) is 9.59 Å². The molecule has 0 saturated carbocycles. The number of aromatic nitrogens is 1. The van der Waals surface area contributed by atoms with E-state index in [1.165, 1.54) is 0 Å². The van der Waals surface area contributed by atoms with E-state index in [0.717, 1.165) is 5.56 Å². The lowest BCUT2D eigenvalue weighted by molar-refractivity contribution is 0.0706. The van der Waals surface area contributed by atoms with Crippen molar-refractivity contribution in [3.05, 3.63) is 59.4 Å². The first kappa shape index (κ1) is 12.8. The van der Waals surface area contributed by atoms with E-state index in [2.05, 4.69) is 10.3 Å². The number of rotatable bonds is 4. The van der Waals surface area contributed by atoms with E-state index in [0.29, 0.717) is 17.8 Å². The SMILES string of the molecule is O=C(NO)c1ccc(CNC(=O)c2ccc[nH]2)cc1. The van der Waals surface area contributed by atoms with Crippen LogP contribution in [-0.2, 0) is 6.54 Å². The molecule has 98 valence electrons. The van der Waals surface area contributed by atoms with E-state index >= 15 is 0 Å². The van der Waals surface area contributed by atoms with Gasteiger partial charge in [0, 0.05) is 18.3 Å². The molecule has 0 bridgehead atoms. The molecular weight excluding hydrogens is 246 g/mol. The van der Waals surface area contributed by atoms with Gasteiger partial charge in [-0.05, 0) is 29.8 Å². The molecular formula is C13H13N3O3. The highest BCUT2D eigenvalue weighted by Crippen LogP contribution is 2.04. The Morgan fingerprint density at radius 3 is 2.42 bits per heavy atom. The molecule has 2 amide bonds. The van der Waals surface area contributed by atoms with Gasteiger partial charge in [0.1, 0.15) is 5.69 Å². The molecule has 4 N–H and O–H groups in total. The van der Waals surface area contributed by atoms with Crippen LogP contribution in [0.1, 0.15) is 26.4 Å². The Labute approximate surface area is 109 Å². The summed E-state index contributed by atoms with van der Waals surface area (Å²) in [7, 11) is 0. The number of hydroxylamine groups is 1. The van der Waals surface area contributed by atoms with Gasteiger partial charge in [-0.3, -0.25) is 14.8 Å². The van der Waals surface area contributed by atoms with Crippen molar-refractivity contribution in [2.45, 2.75) is 6.54 Å². The number of amides is 2. The van der Waals surface area contributed by atoms with Gasteiger partial charge in [-0.2, -0.15) is 0 Å². The number of hydrogen-bond donors (Lipinski definition) is 4. The van der Waals surface area contributed by atoms with Crippen LogP contribution in [0.3, 0.4) is 0 Å². The zero-order chi connectivity index (χ0) is 13.7. The number of hydrogen-bond acceptors (Lipinski definition) is 3. The molecule has 0 radical (unpaired) electrons. The van der Waals surface area contributed by atoms with E-state index in [1.807, 2.05) is 0 Å². The van der Waals surface area contributed by atoms with E-state index in [4.69, 9.17) is 5.21 Å². The lowest BCUT2D eigenvalue weighted by Crippen LogP contribution is -2.23. The van der Waals surface area contributed by atoms with Gasteiger partial charge in [0.2, 0.25) is 0 Å². The molecule has 1 heterocycles. The topological polar surface area (TPSA) is 94.2 Å².